The molecule has 0 saturated carbocycles. The van der Waals surface area contributed by atoms with E-state index in [1.165, 1.54) is 18.5 Å². The predicted molar refractivity (Wildman–Crippen MR) is 80.3 cm³/mol. The summed E-state index contributed by atoms with van der Waals surface area (Å²) in [5.74, 6) is 2.98. The van der Waals surface area contributed by atoms with E-state index in [2.05, 4.69) is 46.9 Å². The summed E-state index contributed by atoms with van der Waals surface area (Å²) in [6.07, 6.45) is 6.32. The Labute approximate surface area is 120 Å². The molecule has 2 aromatic heterocycles. The van der Waals surface area contributed by atoms with E-state index in [0.29, 0.717) is 11.8 Å². The molecule has 0 aliphatic carbocycles. The van der Waals surface area contributed by atoms with Crippen LogP contribution in [0.1, 0.15) is 50.0 Å². The summed E-state index contributed by atoms with van der Waals surface area (Å²) in [6, 6.07) is 6.32. The zero-order valence-corrected chi connectivity index (χ0v) is 12.2. The minimum atomic E-state index is 0.395. The predicted octanol–water partition coefficient (Wildman–Crippen LogP) is 2.86. The molecule has 1 aliphatic rings. The highest BCUT2D eigenvalue weighted by molar-refractivity contribution is 5.29. The molecule has 4 nitrogen and oxygen atoms in total. The number of imidazole rings is 1. The minimum absolute atomic E-state index is 0.395. The van der Waals surface area contributed by atoms with Crippen LogP contribution in [0.4, 0.5) is 0 Å². The summed E-state index contributed by atoms with van der Waals surface area (Å²) in [5.41, 5.74) is 1.19. The van der Waals surface area contributed by atoms with E-state index < -0.39 is 0 Å². The number of nitrogens with one attached hydrogen (secondary N) is 1. The molecule has 0 spiro atoms. The van der Waals surface area contributed by atoms with Crippen LogP contribution in [0.15, 0.2) is 30.6 Å². The van der Waals surface area contributed by atoms with E-state index in [1.807, 2.05) is 12.4 Å². The second-order valence-corrected chi connectivity index (χ2v) is 5.77. The smallest absolute Gasteiger partial charge is 0.138 e. The number of nitrogens with zero attached hydrogens (tertiary/aromatic N) is 3. The Morgan fingerprint density at radius 2 is 2.25 bits per heavy atom. The third-order valence-corrected chi connectivity index (χ3v) is 3.90. The van der Waals surface area contributed by atoms with Crippen LogP contribution in [-0.4, -0.2) is 27.6 Å². The van der Waals surface area contributed by atoms with E-state index in [1.54, 1.807) is 0 Å². The number of hydrogen-bond donors (Lipinski definition) is 1. The molecule has 1 N–H and O–H groups in total. The normalized spacial score (nSPS) is 19.4. The van der Waals surface area contributed by atoms with Crippen molar-refractivity contribution in [2.75, 3.05) is 13.1 Å². The molecule has 0 amide bonds. The van der Waals surface area contributed by atoms with Crippen LogP contribution < -0.4 is 5.32 Å². The monoisotopic (exact) mass is 270 g/mol. The van der Waals surface area contributed by atoms with Crippen LogP contribution in [-0.2, 0) is 0 Å². The van der Waals surface area contributed by atoms with Gasteiger partial charge in [0.15, 0.2) is 0 Å². The third kappa shape index (κ3) is 2.61. The maximum absolute atomic E-state index is 4.86. The first-order valence-corrected chi connectivity index (χ1v) is 7.47. The quantitative estimate of drug-likeness (QED) is 0.932. The fraction of sp³-hybridized carbons (Fsp3) is 0.500. The molecule has 0 bridgehead atoms. The Morgan fingerprint density at radius 3 is 3.00 bits per heavy atom. The molecule has 3 rings (SSSR count). The van der Waals surface area contributed by atoms with Crippen LogP contribution in [0, 0.1) is 0 Å². The van der Waals surface area contributed by atoms with Gasteiger partial charge in [-0.15, -0.1) is 0 Å². The second kappa shape index (κ2) is 5.75. The molecular weight excluding hydrogens is 248 g/mol. The van der Waals surface area contributed by atoms with E-state index in [9.17, 15) is 0 Å². The van der Waals surface area contributed by atoms with Crippen LogP contribution in [0.5, 0.6) is 0 Å². The summed E-state index contributed by atoms with van der Waals surface area (Å²) in [6.45, 7) is 6.49. The lowest BCUT2D eigenvalue weighted by atomic mass is 9.96. The molecule has 0 unspecified atom stereocenters. The molecule has 0 aromatic carbocycles. The van der Waals surface area contributed by atoms with Gasteiger partial charge in [0, 0.05) is 36.5 Å². The first kappa shape index (κ1) is 13.3. The minimum Gasteiger partial charge on any atom is -0.316 e. The molecule has 1 saturated heterocycles. The van der Waals surface area contributed by atoms with Crippen molar-refractivity contribution < 1.29 is 0 Å². The first-order chi connectivity index (χ1) is 9.75. The van der Waals surface area contributed by atoms with Gasteiger partial charge in [-0.1, -0.05) is 19.9 Å². The van der Waals surface area contributed by atoms with E-state index in [4.69, 9.17) is 4.98 Å². The van der Waals surface area contributed by atoms with Crippen LogP contribution in [0.25, 0.3) is 5.82 Å². The van der Waals surface area contributed by atoms with Crippen LogP contribution >= 0.6 is 0 Å². The molecule has 1 aliphatic heterocycles. The van der Waals surface area contributed by atoms with E-state index in [-0.39, 0.29) is 0 Å². The highest BCUT2D eigenvalue weighted by Gasteiger charge is 2.17. The van der Waals surface area contributed by atoms with Crippen molar-refractivity contribution >= 4 is 0 Å². The van der Waals surface area contributed by atoms with Crippen molar-refractivity contribution in [2.45, 2.75) is 38.5 Å². The summed E-state index contributed by atoms with van der Waals surface area (Å²) < 4.78 is 2.10. The van der Waals surface area contributed by atoms with Gasteiger partial charge in [-0.25, -0.2) is 9.97 Å². The van der Waals surface area contributed by atoms with E-state index in [0.717, 1.165) is 24.7 Å². The lowest BCUT2D eigenvalue weighted by Crippen LogP contribution is -2.29. The maximum atomic E-state index is 4.86. The van der Waals surface area contributed by atoms with Crippen LogP contribution in [0.3, 0.4) is 0 Å². The van der Waals surface area contributed by atoms with Gasteiger partial charge in [-0.2, -0.15) is 0 Å². The zero-order chi connectivity index (χ0) is 13.9. The average Bonchev–Trinajstić information content (AvgIpc) is 2.98. The molecule has 3 heterocycles. The maximum Gasteiger partial charge on any atom is 0.138 e. The lowest BCUT2D eigenvalue weighted by Gasteiger charge is -2.22. The molecular formula is C16H22N4. The highest BCUT2D eigenvalue weighted by Crippen LogP contribution is 2.23. The van der Waals surface area contributed by atoms with Crippen molar-refractivity contribution in [2.24, 2.45) is 0 Å². The third-order valence-electron chi connectivity index (χ3n) is 3.90. The number of pyridine rings is 1. The number of piperidine rings is 1. The van der Waals surface area contributed by atoms with Gasteiger partial charge in [0.1, 0.15) is 11.6 Å². The number of aromatic nitrogens is 3. The summed E-state index contributed by atoms with van der Waals surface area (Å²) in [4.78, 5) is 9.31. The Hall–Kier alpha value is -1.68. The molecule has 2 aromatic rings. The van der Waals surface area contributed by atoms with Gasteiger partial charge >= 0.3 is 0 Å². The molecule has 20 heavy (non-hydrogen) atoms. The Morgan fingerprint density at radius 1 is 1.35 bits per heavy atom. The fourth-order valence-corrected chi connectivity index (χ4v) is 2.84. The Bertz CT molecular complexity index is 567. The molecule has 4 heteroatoms. The fourth-order valence-electron chi connectivity index (χ4n) is 2.84. The van der Waals surface area contributed by atoms with Crippen molar-refractivity contribution in [1.82, 2.24) is 19.9 Å². The molecule has 1 atom stereocenters. The standard InChI is InChI=1S/C16H22N4/c1-12(2)16-18-9-10-20(16)15-7-3-6-14(19-15)13-5-4-8-17-11-13/h3,6-7,9-10,12-13,17H,4-5,8,11H2,1-2H3/t13-/m1/s1. The lowest BCUT2D eigenvalue weighted by molar-refractivity contribution is 0.454. The number of rotatable bonds is 3. The van der Waals surface area contributed by atoms with Gasteiger partial charge in [0.25, 0.3) is 0 Å². The number of hydrogen-bond acceptors (Lipinski definition) is 3. The van der Waals surface area contributed by atoms with Gasteiger partial charge < -0.3 is 5.32 Å². The average molecular weight is 270 g/mol. The Kier molecular flexibility index (Phi) is 3.83. The van der Waals surface area contributed by atoms with Crippen molar-refractivity contribution in [3.63, 3.8) is 0 Å². The van der Waals surface area contributed by atoms with Gasteiger partial charge in [-0.3, -0.25) is 4.57 Å². The Balaban J connectivity index is 1.92. The molecule has 106 valence electrons. The summed E-state index contributed by atoms with van der Waals surface area (Å²) in [7, 11) is 0. The van der Waals surface area contributed by atoms with Crippen LogP contribution in [0.2, 0.25) is 0 Å². The van der Waals surface area contributed by atoms with Gasteiger partial charge in [0.2, 0.25) is 0 Å². The van der Waals surface area contributed by atoms with Crippen molar-refractivity contribution in [3.8, 4) is 5.82 Å². The molecule has 0 radical (unpaired) electrons. The first-order valence-electron chi connectivity index (χ1n) is 7.47. The van der Waals surface area contributed by atoms with Gasteiger partial charge in [0.05, 0.1) is 0 Å². The second-order valence-electron chi connectivity index (χ2n) is 5.77. The molecule has 1 fully saturated rings. The topological polar surface area (TPSA) is 42.7 Å². The zero-order valence-electron chi connectivity index (χ0n) is 12.2. The summed E-state index contributed by atoms with van der Waals surface area (Å²) in [5, 5.41) is 3.46. The largest absolute Gasteiger partial charge is 0.316 e. The van der Waals surface area contributed by atoms with Crippen molar-refractivity contribution in [1.29, 1.82) is 0 Å². The van der Waals surface area contributed by atoms with Crippen molar-refractivity contribution in [3.05, 3.63) is 42.1 Å². The highest BCUT2D eigenvalue weighted by atomic mass is 15.1. The van der Waals surface area contributed by atoms with E-state index >= 15 is 0 Å². The SMILES string of the molecule is CC(C)c1nccn1-c1cccc([C@@H]2CCCNC2)n1. The van der Waals surface area contributed by atoms with Gasteiger partial charge in [-0.05, 0) is 31.5 Å². The summed E-state index contributed by atoms with van der Waals surface area (Å²) >= 11 is 0.